The van der Waals surface area contributed by atoms with Gasteiger partial charge in [0.15, 0.2) is 0 Å². The highest BCUT2D eigenvalue weighted by molar-refractivity contribution is 5.85. The number of aromatic nitrogens is 2. The molecule has 2 aromatic carbocycles. The molecule has 2 amide bonds. The number of likely N-dealkylation sites (N-methyl/N-ethyl adjacent to an activating group) is 1. The van der Waals surface area contributed by atoms with E-state index in [0.717, 1.165) is 5.56 Å². The Kier molecular flexibility index (Phi) is 6.33. The second kappa shape index (κ2) is 9.09. The van der Waals surface area contributed by atoms with E-state index in [2.05, 4.69) is 10.3 Å². The smallest absolute Gasteiger partial charge is 0.261 e. The lowest BCUT2D eigenvalue weighted by Gasteiger charge is -2.21. The fraction of sp³-hybridized carbons (Fsp3) is 0.238. The molecule has 0 unspecified atom stereocenters. The molecule has 0 radical (unpaired) electrons. The largest absolute Gasteiger partial charge is 0.350 e. The van der Waals surface area contributed by atoms with Gasteiger partial charge in [-0.3, -0.25) is 19.0 Å². The summed E-state index contributed by atoms with van der Waals surface area (Å²) in [5.74, 6) is -1.04. The molecule has 0 saturated heterocycles. The van der Waals surface area contributed by atoms with Crippen molar-refractivity contribution in [2.75, 3.05) is 13.1 Å². The van der Waals surface area contributed by atoms with Crippen molar-refractivity contribution in [1.82, 2.24) is 19.8 Å². The second-order valence-corrected chi connectivity index (χ2v) is 6.51. The van der Waals surface area contributed by atoms with Gasteiger partial charge < -0.3 is 10.2 Å². The fourth-order valence-corrected chi connectivity index (χ4v) is 2.87. The summed E-state index contributed by atoms with van der Waals surface area (Å²) in [5, 5.41) is 3.13. The van der Waals surface area contributed by atoms with Crippen LogP contribution in [0.2, 0.25) is 0 Å². The average Bonchev–Trinajstić information content (AvgIpc) is 2.73. The number of halogens is 1. The van der Waals surface area contributed by atoms with Crippen molar-refractivity contribution in [3.8, 4) is 0 Å². The molecule has 0 aliphatic carbocycles. The number of carbonyl (C=O) groups excluding carboxylic acids is 2. The molecule has 3 aromatic rings. The number of nitrogens with zero attached hydrogens (tertiary/aromatic N) is 3. The van der Waals surface area contributed by atoms with E-state index in [-0.39, 0.29) is 42.8 Å². The van der Waals surface area contributed by atoms with Gasteiger partial charge in [0.25, 0.3) is 5.56 Å². The van der Waals surface area contributed by atoms with E-state index in [1.165, 1.54) is 27.9 Å². The Balaban J connectivity index is 1.61. The van der Waals surface area contributed by atoms with E-state index in [0.29, 0.717) is 17.4 Å². The Morgan fingerprint density at radius 2 is 1.86 bits per heavy atom. The number of hydrogen-bond donors (Lipinski definition) is 1. The summed E-state index contributed by atoms with van der Waals surface area (Å²) >= 11 is 0. The summed E-state index contributed by atoms with van der Waals surface area (Å²) in [6.45, 7) is 1.98. The molecule has 0 saturated carbocycles. The summed E-state index contributed by atoms with van der Waals surface area (Å²) in [6.07, 6.45) is 1.34. The van der Waals surface area contributed by atoms with E-state index in [4.69, 9.17) is 0 Å². The Morgan fingerprint density at radius 3 is 2.59 bits per heavy atom. The third kappa shape index (κ3) is 5.04. The van der Waals surface area contributed by atoms with Crippen LogP contribution in [0, 0.1) is 5.82 Å². The molecule has 0 spiro atoms. The Hall–Kier alpha value is -3.55. The first-order valence-corrected chi connectivity index (χ1v) is 9.21. The number of benzene rings is 2. The normalized spacial score (nSPS) is 10.7. The maximum Gasteiger partial charge on any atom is 0.261 e. The lowest BCUT2D eigenvalue weighted by molar-refractivity contribution is -0.136. The standard InChI is InChI=1S/C21H21FN4O3/c1-2-25(12-19(27)23-11-15-7-9-16(22)10-8-15)20(28)13-26-14-24-18-6-4-3-5-17(18)21(26)29/h3-10,14H,2,11-13H2,1H3,(H,23,27). The number of fused-ring (bicyclic) bond motifs is 1. The van der Waals surface area contributed by atoms with Gasteiger partial charge in [0.1, 0.15) is 12.4 Å². The van der Waals surface area contributed by atoms with Gasteiger partial charge in [0.2, 0.25) is 11.8 Å². The summed E-state index contributed by atoms with van der Waals surface area (Å²) in [4.78, 5) is 42.9. The first kappa shape index (κ1) is 20.2. The third-order valence-electron chi connectivity index (χ3n) is 4.51. The zero-order valence-electron chi connectivity index (χ0n) is 16.0. The lowest BCUT2D eigenvalue weighted by atomic mass is 10.2. The molecule has 0 fully saturated rings. The van der Waals surface area contributed by atoms with E-state index >= 15 is 0 Å². The molecular formula is C21H21FN4O3. The molecule has 0 bridgehead atoms. The number of para-hydroxylation sites is 1. The molecule has 0 aliphatic heterocycles. The van der Waals surface area contributed by atoms with Gasteiger partial charge in [0, 0.05) is 13.1 Å². The lowest BCUT2D eigenvalue weighted by Crippen LogP contribution is -2.42. The molecule has 1 N–H and O–H groups in total. The molecular weight excluding hydrogens is 375 g/mol. The molecule has 0 aliphatic rings. The molecule has 1 heterocycles. The van der Waals surface area contributed by atoms with Crippen LogP contribution in [-0.4, -0.2) is 39.4 Å². The van der Waals surface area contributed by atoms with E-state index in [1.54, 1.807) is 43.3 Å². The van der Waals surface area contributed by atoms with Crippen LogP contribution in [0.3, 0.4) is 0 Å². The molecule has 29 heavy (non-hydrogen) atoms. The third-order valence-corrected chi connectivity index (χ3v) is 4.51. The topological polar surface area (TPSA) is 84.3 Å². The number of carbonyl (C=O) groups is 2. The molecule has 3 rings (SSSR count). The highest BCUT2D eigenvalue weighted by atomic mass is 19.1. The quantitative estimate of drug-likeness (QED) is 0.659. The first-order chi connectivity index (χ1) is 14.0. The summed E-state index contributed by atoms with van der Waals surface area (Å²) < 4.78 is 14.2. The number of amides is 2. The minimum atomic E-state index is -0.358. The Morgan fingerprint density at radius 1 is 1.14 bits per heavy atom. The van der Waals surface area contributed by atoms with Gasteiger partial charge in [0.05, 0.1) is 23.8 Å². The predicted octanol–water partition coefficient (Wildman–Crippen LogP) is 1.70. The number of nitrogens with one attached hydrogen (secondary N) is 1. The van der Waals surface area contributed by atoms with Crippen molar-refractivity contribution >= 4 is 22.7 Å². The summed E-state index contributed by atoms with van der Waals surface area (Å²) in [5.41, 5.74) is 1.01. The van der Waals surface area contributed by atoms with Crippen LogP contribution in [0.4, 0.5) is 4.39 Å². The van der Waals surface area contributed by atoms with Gasteiger partial charge >= 0.3 is 0 Å². The average molecular weight is 396 g/mol. The SMILES string of the molecule is CCN(CC(=O)NCc1ccc(F)cc1)C(=O)Cn1cnc2ccccc2c1=O. The van der Waals surface area contributed by atoms with Gasteiger partial charge in [-0.1, -0.05) is 24.3 Å². The minimum absolute atomic E-state index is 0.133. The minimum Gasteiger partial charge on any atom is -0.350 e. The van der Waals surface area contributed by atoms with Crippen LogP contribution in [0.5, 0.6) is 0 Å². The summed E-state index contributed by atoms with van der Waals surface area (Å²) in [7, 11) is 0. The van der Waals surface area contributed by atoms with Crippen LogP contribution in [0.15, 0.2) is 59.7 Å². The fourth-order valence-electron chi connectivity index (χ4n) is 2.87. The second-order valence-electron chi connectivity index (χ2n) is 6.51. The highest BCUT2D eigenvalue weighted by Gasteiger charge is 2.17. The summed E-state index contributed by atoms with van der Waals surface area (Å²) in [6, 6.07) is 12.7. The van der Waals surface area contributed by atoms with Gasteiger partial charge in [-0.25, -0.2) is 9.37 Å². The van der Waals surface area contributed by atoms with Crippen molar-refractivity contribution in [3.05, 3.63) is 76.6 Å². The van der Waals surface area contributed by atoms with Crippen LogP contribution >= 0.6 is 0 Å². The molecule has 0 atom stereocenters. The zero-order valence-corrected chi connectivity index (χ0v) is 16.0. The van der Waals surface area contributed by atoms with Crippen molar-refractivity contribution < 1.29 is 14.0 Å². The van der Waals surface area contributed by atoms with Gasteiger partial charge in [-0.15, -0.1) is 0 Å². The molecule has 150 valence electrons. The Bertz CT molecular complexity index is 1080. The maximum absolute atomic E-state index is 12.9. The van der Waals surface area contributed by atoms with E-state index in [1.807, 2.05) is 0 Å². The van der Waals surface area contributed by atoms with Crippen LogP contribution in [0.1, 0.15) is 12.5 Å². The van der Waals surface area contributed by atoms with Crippen LogP contribution < -0.4 is 10.9 Å². The Labute approximate surface area is 166 Å². The first-order valence-electron chi connectivity index (χ1n) is 9.21. The van der Waals surface area contributed by atoms with Crippen molar-refractivity contribution in [1.29, 1.82) is 0 Å². The highest BCUT2D eigenvalue weighted by Crippen LogP contribution is 2.05. The predicted molar refractivity (Wildman–Crippen MR) is 107 cm³/mol. The van der Waals surface area contributed by atoms with E-state index in [9.17, 15) is 18.8 Å². The van der Waals surface area contributed by atoms with Crippen molar-refractivity contribution in [3.63, 3.8) is 0 Å². The number of hydrogen-bond acceptors (Lipinski definition) is 4. The van der Waals surface area contributed by atoms with Gasteiger partial charge in [-0.05, 0) is 36.8 Å². The van der Waals surface area contributed by atoms with Crippen molar-refractivity contribution in [2.24, 2.45) is 0 Å². The maximum atomic E-state index is 12.9. The molecule has 8 heteroatoms. The van der Waals surface area contributed by atoms with Crippen LogP contribution in [-0.2, 0) is 22.7 Å². The van der Waals surface area contributed by atoms with Crippen molar-refractivity contribution in [2.45, 2.75) is 20.0 Å². The molecule has 1 aromatic heterocycles. The van der Waals surface area contributed by atoms with Crippen LogP contribution in [0.25, 0.3) is 10.9 Å². The monoisotopic (exact) mass is 396 g/mol. The van der Waals surface area contributed by atoms with E-state index < -0.39 is 0 Å². The number of rotatable bonds is 7. The zero-order chi connectivity index (χ0) is 20.8. The molecule has 7 nitrogen and oxygen atoms in total. The van der Waals surface area contributed by atoms with Gasteiger partial charge in [-0.2, -0.15) is 0 Å².